The van der Waals surface area contributed by atoms with Crippen molar-refractivity contribution < 1.29 is 19.5 Å². The summed E-state index contributed by atoms with van der Waals surface area (Å²) in [6.45, 7) is 1.66. The second kappa shape index (κ2) is 9.60. The number of likely N-dealkylation sites (N-methyl/N-ethyl adjacent to an activating group) is 1. The van der Waals surface area contributed by atoms with E-state index < -0.39 is 24.0 Å². The van der Waals surface area contributed by atoms with Gasteiger partial charge in [0.15, 0.2) is 5.01 Å². The molecule has 9 nitrogen and oxygen atoms in total. The number of carboxylic acids is 1. The second-order valence-electron chi connectivity index (χ2n) is 9.30. The first-order valence-corrected chi connectivity index (χ1v) is 12.8. The van der Waals surface area contributed by atoms with Crippen LogP contribution in [0.5, 0.6) is 0 Å². The number of thiazole rings is 1. The largest absolute Gasteiger partial charge is 0.481 e. The molecule has 1 fully saturated rings. The number of aliphatic carboxylic acids is 1. The molecule has 0 saturated heterocycles. The molecule has 1 aliphatic heterocycles. The predicted molar refractivity (Wildman–Crippen MR) is 133 cm³/mol. The normalized spacial score (nSPS) is 22.5. The number of hydrogen-bond acceptors (Lipinski definition) is 6. The number of carbonyl (C=O) groups is 3. The number of nitrogens with one attached hydrogen (secondary N) is 3. The van der Waals surface area contributed by atoms with Crippen LogP contribution in [0.15, 0.2) is 24.3 Å². The van der Waals surface area contributed by atoms with E-state index in [-0.39, 0.29) is 18.2 Å². The average molecular weight is 516 g/mol. The SMILES string of the molecule is CN1CCc2nc(C(=O)N[C@H]3C[C@@H](C(=O)O)CC[C@H]3NC(=O)c3cc4cc(Cl)ccc4[nH]3)sc2C1. The van der Waals surface area contributed by atoms with Crippen molar-refractivity contribution in [2.75, 3.05) is 13.6 Å². The molecule has 35 heavy (non-hydrogen) atoms. The number of carboxylic acid groups (broad SMARTS) is 1. The maximum Gasteiger partial charge on any atom is 0.306 e. The van der Waals surface area contributed by atoms with E-state index in [4.69, 9.17) is 11.6 Å². The van der Waals surface area contributed by atoms with Crippen molar-refractivity contribution in [1.82, 2.24) is 25.5 Å². The summed E-state index contributed by atoms with van der Waals surface area (Å²) in [6.07, 6.45) is 1.91. The quantitative estimate of drug-likeness (QED) is 0.413. The molecule has 2 amide bonds. The molecule has 11 heteroatoms. The topological polar surface area (TPSA) is 127 Å². The summed E-state index contributed by atoms with van der Waals surface area (Å²) in [5.74, 6) is -2.12. The van der Waals surface area contributed by atoms with Crippen molar-refractivity contribution in [1.29, 1.82) is 0 Å². The van der Waals surface area contributed by atoms with Gasteiger partial charge in [-0.2, -0.15) is 0 Å². The lowest BCUT2D eigenvalue weighted by Gasteiger charge is -2.35. The molecule has 1 saturated carbocycles. The molecule has 3 atom stereocenters. The Balaban J connectivity index is 1.32. The summed E-state index contributed by atoms with van der Waals surface area (Å²) >= 11 is 7.43. The van der Waals surface area contributed by atoms with E-state index in [1.165, 1.54) is 11.3 Å². The Hall–Kier alpha value is -2.95. The number of aromatic amines is 1. The van der Waals surface area contributed by atoms with E-state index in [0.29, 0.717) is 28.6 Å². The number of hydrogen-bond donors (Lipinski definition) is 4. The third kappa shape index (κ3) is 5.05. The Morgan fingerprint density at radius 3 is 2.77 bits per heavy atom. The summed E-state index contributed by atoms with van der Waals surface area (Å²) in [5.41, 5.74) is 2.12. The van der Waals surface area contributed by atoms with Gasteiger partial charge in [0.1, 0.15) is 5.69 Å². The van der Waals surface area contributed by atoms with Crippen LogP contribution in [-0.4, -0.2) is 63.4 Å². The van der Waals surface area contributed by atoms with Crippen molar-refractivity contribution >= 4 is 51.6 Å². The average Bonchev–Trinajstić information content (AvgIpc) is 3.43. The molecule has 1 aromatic carbocycles. The van der Waals surface area contributed by atoms with Gasteiger partial charge in [-0.05, 0) is 50.6 Å². The smallest absolute Gasteiger partial charge is 0.306 e. The van der Waals surface area contributed by atoms with Crippen molar-refractivity contribution in [3.63, 3.8) is 0 Å². The molecule has 0 spiro atoms. The highest BCUT2D eigenvalue weighted by Gasteiger charge is 2.36. The monoisotopic (exact) mass is 515 g/mol. The van der Waals surface area contributed by atoms with Gasteiger partial charge in [-0.3, -0.25) is 14.4 Å². The number of rotatable bonds is 5. The predicted octanol–water partition coefficient (Wildman–Crippen LogP) is 3.05. The Morgan fingerprint density at radius 2 is 1.97 bits per heavy atom. The van der Waals surface area contributed by atoms with Crippen LogP contribution in [0, 0.1) is 5.92 Å². The zero-order valence-electron chi connectivity index (χ0n) is 19.1. The third-order valence-electron chi connectivity index (χ3n) is 6.78. The first-order chi connectivity index (χ1) is 16.8. The summed E-state index contributed by atoms with van der Waals surface area (Å²) in [5, 5.41) is 17.3. The van der Waals surface area contributed by atoms with E-state index in [1.54, 1.807) is 24.3 Å². The Labute approximate surface area is 210 Å². The lowest BCUT2D eigenvalue weighted by atomic mass is 9.82. The minimum Gasteiger partial charge on any atom is -0.481 e. The molecule has 1 aliphatic carbocycles. The number of halogens is 1. The number of aromatic nitrogens is 2. The van der Waals surface area contributed by atoms with Crippen LogP contribution < -0.4 is 10.6 Å². The van der Waals surface area contributed by atoms with Gasteiger partial charge in [0.25, 0.3) is 11.8 Å². The van der Waals surface area contributed by atoms with Gasteiger partial charge in [-0.15, -0.1) is 11.3 Å². The van der Waals surface area contributed by atoms with Crippen LogP contribution in [0.3, 0.4) is 0 Å². The van der Waals surface area contributed by atoms with E-state index in [0.717, 1.165) is 41.0 Å². The van der Waals surface area contributed by atoms with Gasteiger partial charge < -0.3 is 25.6 Å². The zero-order valence-corrected chi connectivity index (χ0v) is 20.7. The Bertz CT molecular complexity index is 1300. The maximum atomic E-state index is 13.1. The van der Waals surface area contributed by atoms with Crippen LogP contribution in [0.4, 0.5) is 0 Å². The van der Waals surface area contributed by atoms with Crippen LogP contribution >= 0.6 is 22.9 Å². The lowest BCUT2D eigenvalue weighted by Crippen LogP contribution is -2.55. The summed E-state index contributed by atoms with van der Waals surface area (Å²) in [6, 6.07) is 6.12. The van der Waals surface area contributed by atoms with Crippen molar-refractivity contribution in [2.24, 2.45) is 5.92 Å². The zero-order chi connectivity index (χ0) is 24.7. The summed E-state index contributed by atoms with van der Waals surface area (Å²) in [7, 11) is 2.03. The minimum absolute atomic E-state index is 0.238. The van der Waals surface area contributed by atoms with Gasteiger partial charge in [-0.25, -0.2) is 4.98 Å². The van der Waals surface area contributed by atoms with E-state index in [1.807, 2.05) is 7.05 Å². The Kier molecular flexibility index (Phi) is 6.52. The number of carbonyl (C=O) groups excluding carboxylic acids is 2. The van der Waals surface area contributed by atoms with E-state index >= 15 is 0 Å². The highest BCUT2D eigenvalue weighted by atomic mass is 35.5. The number of benzene rings is 1. The highest BCUT2D eigenvalue weighted by Crippen LogP contribution is 2.28. The number of fused-ring (bicyclic) bond motifs is 2. The summed E-state index contributed by atoms with van der Waals surface area (Å²) < 4.78 is 0. The number of nitrogens with zero attached hydrogens (tertiary/aromatic N) is 2. The first-order valence-electron chi connectivity index (χ1n) is 11.6. The number of H-pyrrole nitrogens is 1. The fourth-order valence-electron chi connectivity index (χ4n) is 4.85. The molecule has 3 aromatic rings. The van der Waals surface area contributed by atoms with Gasteiger partial charge in [0.05, 0.1) is 17.7 Å². The Morgan fingerprint density at radius 1 is 1.17 bits per heavy atom. The molecule has 2 aliphatic rings. The fourth-order valence-corrected chi connectivity index (χ4v) is 6.12. The molecule has 0 unspecified atom stereocenters. The van der Waals surface area contributed by atoms with Crippen LogP contribution in [-0.2, 0) is 17.8 Å². The van der Waals surface area contributed by atoms with Crippen molar-refractivity contribution in [2.45, 2.75) is 44.3 Å². The van der Waals surface area contributed by atoms with Gasteiger partial charge in [-0.1, -0.05) is 11.6 Å². The van der Waals surface area contributed by atoms with Gasteiger partial charge in [0, 0.05) is 46.4 Å². The molecule has 2 aromatic heterocycles. The molecule has 3 heterocycles. The molecule has 4 N–H and O–H groups in total. The first kappa shape index (κ1) is 23.8. The van der Waals surface area contributed by atoms with E-state index in [9.17, 15) is 19.5 Å². The summed E-state index contributed by atoms with van der Waals surface area (Å²) in [4.78, 5) is 48.7. The van der Waals surface area contributed by atoms with Crippen LogP contribution in [0.1, 0.15) is 50.1 Å². The molecule has 5 rings (SSSR count). The fraction of sp³-hybridized carbons (Fsp3) is 0.417. The van der Waals surface area contributed by atoms with Crippen molar-refractivity contribution in [3.05, 3.63) is 50.6 Å². The minimum atomic E-state index is -0.894. The lowest BCUT2D eigenvalue weighted by molar-refractivity contribution is -0.143. The van der Waals surface area contributed by atoms with Gasteiger partial charge in [0.2, 0.25) is 0 Å². The van der Waals surface area contributed by atoms with Crippen LogP contribution in [0.25, 0.3) is 10.9 Å². The number of amides is 2. The molecular weight excluding hydrogens is 490 g/mol. The standard InChI is InChI=1S/C24H26ClN5O4S/c1-30-7-6-17-20(11-30)35-23(29-17)22(32)28-18-9-12(24(33)34)2-4-16(18)27-21(31)19-10-13-8-14(25)3-5-15(13)26-19/h3,5,8,10,12,16,18,26H,2,4,6-7,9,11H2,1H3,(H,27,31)(H,28,32)(H,33,34)/t12-,16+,18-/m0/s1. The maximum absolute atomic E-state index is 13.1. The molecule has 184 valence electrons. The molecule has 0 bridgehead atoms. The van der Waals surface area contributed by atoms with Gasteiger partial charge >= 0.3 is 5.97 Å². The third-order valence-corrected chi connectivity index (χ3v) is 8.09. The van der Waals surface area contributed by atoms with Crippen LogP contribution in [0.2, 0.25) is 5.02 Å². The van der Waals surface area contributed by atoms with Crippen molar-refractivity contribution in [3.8, 4) is 0 Å². The van der Waals surface area contributed by atoms with E-state index in [2.05, 4.69) is 25.5 Å². The molecule has 0 radical (unpaired) electrons. The second-order valence-corrected chi connectivity index (χ2v) is 10.8. The highest BCUT2D eigenvalue weighted by molar-refractivity contribution is 7.13. The molecular formula is C24H26ClN5O4S.